The van der Waals surface area contributed by atoms with Gasteiger partial charge in [0.25, 0.3) is 0 Å². The molecule has 1 aliphatic rings. The van der Waals surface area contributed by atoms with Crippen molar-refractivity contribution in [3.8, 4) is 5.75 Å². The Labute approximate surface area is 155 Å². The minimum absolute atomic E-state index is 0.148. The Bertz CT molecular complexity index is 569. The van der Waals surface area contributed by atoms with Crippen molar-refractivity contribution in [2.45, 2.75) is 32.4 Å². The van der Waals surface area contributed by atoms with Crippen LogP contribution in [-0.4, -0.2) is 39.4 Å². The number of hydrogen-bond acceptors (Lipinski definition) is 3. The van der Waals surface area contributed by atoms with Crippen LogP contribution in [0.3, 0.4) is 0 Å². The highest BCUT2D eigenvalue weighted by Gasteiger charge is 2.20. The summed E-state index contributed by atoms with van der Waals surface area (Å²) in [5, 5.41) is 6.27. The maximum absolute atomic E-state index is 12.5. The van der Waals surface area contributed by atoms with E-state index in [2.05, 4.69) is 36.3 Å². The third kappa shape index (κ3) is 8.00. The van der Waals surface area contributed by atoms with Crippen LogP contribution in [0.5, 0.6) is 5.75 Å². The average molecular weight is 420 g/mol. The van der Waals surface area contributed by atoms with Crippen LogP contribution in [0.2, 0.25) is 0 Å². The molecule has 8 heteroatoms. The predicted molar refractivity (Wildman–Crippen MR) is 97.1 cm³/mol. The van der Waals surface area contributed by atoms with Crippen molar-refractivity contribution < 1.29 is 18.3 Å². The van der Waals surface area contributed by atoms with Crippen LogP contribution in [0.15, 0.2) is 27.7 Å². The van der Waals surface area contributed by atoms with E-state index >= 15 is 0 Å². The molecule has 0 unspecified atom stereocenters. The molecule has 0 saturated heterocycles. The molecule has 0 bridgehead atoms. The Morgan fingerprint density at radius 3 is 2.84 bits per heavy atom. The number of alkyl halides is 2. The van der Waals surface area contributed by atoms with Gasteiger partial charge in [-0.3, -0.25) is 4.99 Å². The number of nitrogens with zero attached hydrogens (tertiary/aromatic N) is 1. The number of nitrogens with one attached hydrogen (secondary N) is 2. The zero-order chi connectivity index (χ0) is 18.1. The third-order valence-corrected chi connectivity index (χ3v) is 4.21. The highest BCUT2D eigenvalue weighted by Crippen LogP contribution is 2.28. The number of benzene rings is 1. The van der Waals surface area contributed by atoms with E-state index < -0.39 is 6.61 Å². The molecule has 0 heterocycles. The second-order valence-electron chi connectivity index (χ2n) is 5.85. The summed E-state index contributed by atoms with van der Waals surface area (Å²) in [6.45, 7) is -0.225. The van der Waals surface area contributed by atoms with Gasteiger partial charge in [0.1, 0.15) is 5.75 Å². The summed E-state index contributed by atoms with van der Waals surface area (Å²) < 4.78 is 35.9. The maximum atomic E-state index is 12.5. The molecule has 140 valence electrons. The fourth-order valence-electron chi connectivity index (χ4n) is 2.21. The van der Waals surface area contributed by atoms with Crippen LogP contribution < -0.4 is 15.4 Å². The number of hydrogen-bond donors (Lipinski definition) is 2. The van der Waals surface area contributed by atoms with E-state index in [1.54, 1.807) is 19.2 Å². The SMILES string of the molecule is CN=C(NCCCOCC1CC1)NCc1cc(Br)ccc1OC(F)F. The zero-order valence-corrected chi connectivity index (χ0v) is 15.8. The van der Waals surface area contributed by atoms with Crippen molar-refractivity contribution in [2.75, 3.05) is 26.8 Å². The van der Waals surface area contributed by atoms with Gasteiger partial charge in [0.15, 0.2) is 5.96 Å². The van der Waals surface area contributed by atoms with E-state index in [0.29, 0.717) is 18.1 Å². The first-order valence-electron chi connectivity index (χ1n) is 8.34. The van der Waals surface area contributed by atoms with Crippen LogP contribution in [0.4, 0.5) is 8.78 Å². The molecule has 0 aliphatic heterocycles. The third-order valence-electron chi connectivity index (χ3n) is 3.72. The largest absolute Gasteiger partial charge is 0.434 e. The van der Waals surface area contributed by atoms with Crippen LogP contribution in [0, 0.1) is 5.92 Å². The topological polar surface area (TPSA) is 54.9 Å². The Hall–Kier alpha value is -1.41. The van der Waals surface area contributed by atoms with E-state index in [4.69, 9.17) is 4.74 Å². The van der Waals surface area contributed by atoms with Gasteiger partial charge in [-0.15, -0.1) is 0 Å². The molecule has 0 aromatic heterocycles. The monoisotopic (exact) mass is 419 g/mol. The first-order chi connectivity index (χ1) is 12.1. The minimum atomic E-state index is -2.85. The fraction of sp³-hybridized carbons (Fsp3) is 0.588. The van der Waals surface area contributed by atoms with Gasteiger partial charge in [-0.25, -0.2) is 0 Å². The number of ether oxygens (including phenoxy) is 2. The van der Waals surface area contributed by atoms with Gasteiger partial charge in [0.2, 0.25) is 0 Å². The Morgan fingerprint density at radius 2 is 2.16 bits per heavy atom. The summed E-state index contributed by atoms with van der Waals surface area (Å²) in [5.41, 5.74) is 0.616. The molecule has 1 aromatic rings. The molecule has 1 aliphatic carbocycles. The lowest BCUT2D eigenvalue weighted by Crippen LogP contribution is -2.37. The molecule has 25 heavy (non-hydrogen) atoms. The summed E-state index contributed by atoms with van der Waals surface area (Å²) in [6.07, 6.45) is 3.47. The lowest BCUT2D eigenvalue weighted by Gasteiger charge is -2.15. The van der Waals surface area contributed by atoms with Crippen molar-refractivity contribution >= 4 is 21.9 Å². The van der Waals surface area contributed by atoms with Crippen LogP contribution in [0.25, 0.3) is 0 Å². The highest BCUT2D eigenvalue weighted by molar-refractivity contribution is 9.10. The van der Waals surface area contributed by atoms with Crippen LogP contribution >= 0.6 is 15.9 Å². The number of aliphatic imine (C=N–C) groups is 1. The molecule has 0 radical (unpaired) electrons. The molecular formula is C17H24BrF2N3O2. The van der Waals surface area contributed by atoms with Crippen LogP contribution in [-0.2, 0) is 11.3 Å². The van der Waals surface area contributed by atoms with E-state index in [1.807, 2.05) is 0 Å². The molecule has 1 fully saturated rings. The standard InChI is InChI=1S/C17H24BrF2N3O2/c1-21-17(22-7-2-8-24-11-12-3-4-12)23-10-13-9-14(18)5-6-15(13)25-16(19)20/h5-6,9,12,16H,2-4,7-8,10-11H2,1H3,(H2,21,22,23). The highest BCUT2D eigenvalue weighted by atomic mass is 79.9. The Morgan fingerprint density at radius 1 is 1.36 bits per heavy atom. The van der Waals surface area contributed by atoms with E-state index in [-0.39, 0.29) is 5.75 Å². The molecule has 1 aromatic carbocycles. The molecule has 0 spiro atoms. The lowest BCUT2D eigenvalue weighted by atomic mass is 10.2. The van der Waals surface area contributed by atoms with Gasteiger partial charge in [-0.2, -0.15) is 8.78 Å². The van der Waals surface area contributed by atoms with E-state index in [1.165, 1.54) is 18.9 Å². The Kier molecular flexibility index (Phi) is 8.40. The van der Waals surface area contributed by atoms with Gasteiger partial charge in [-0.1, -0.05) is 15.9 Å². The number of rotatable bonds is 10. The smallest absolute Gasteiger partial charge is 0.387 e. The predicted octanol–water partition coefficient (Wildman–Crippen LogP) is 3.53. The van der Waals surface area contributed by atoms with Gasteiger partial charge < -0.3 is 20.1 Å². The molecule has 5 nitrogen and oxygen atoms in total. The van der Waals surface area contributed by atoms with Crippen molar-refractivity contribution in [2.24, 2.45) is 10.9 Å². The van der Waals surface area contributed by atoms with Gasteiger partial charge in [0.05, 0.1) is 0 Å². The van der Waals surface area contributed by atoms with Crippen LogP contribution in [0.1, 0.15) is 24.8 Å². The first-order valence-corrected chi connectivity index (χ1v) is 9.13. The number of guanidine groups is 1. The summed E-state index contributed by atoms with van der Waals surface area (Å²) in [5.74, 6) is 1.53. The molecule has 1 saturated carbocycles. The molecular weight excluding hydrogens is 396 g/mol. The van der Waals surface area contributed by atoms with Gasteiger partial charge in [0, 0.05) is 43.4 Å². The quantitative estimate of drug-likeness (QED) is 0.346. The van der Waals surface area contributed by atoms with Crippen molar-refractivity contribution in [1.82, 2.24) is 10.6 Å². The van der Waals surface area contributed by atoms with E-state index in [0.717, 1.165) is 36.6 Å². The van der Waals surface area contributed by atoms with Crippen molar-refractivity contribution in [3.63, 3.8) is 0 Å². The lowest BCUT2D eigenvalue weighted by molar-refractivity contribution is -0.0504. The summed E-state index contributed by atoms with van der Waals surface area (Å²) in [4.78, 5) is 4.13. The summed E-state index contributed by atoms with van der Waals surface area (Å²) in [6, 6.07) is 4.92. The number of halogens is 3. The minimum Gasteiger partial charge on any atom is -0.434 e. The first kappa shape index (κ1) is 19.9. The van der Waals surface area contributed by atoms with Gasteiger partial charge in [-0.05, 0) is 43.4 Å². The fourth-order valence-corrected chi connectivity index (χ4v) is 2.62. The van der Waals surface area contributed by atoms with Crippen molar-refractivity contribution in [1.29, 1.82) is 0 Å². The zero-order valence-electron chi connectivity index (χ0n) is 14.2. The molecule has 0 atom stereocenters. The van der Waals surface area contributed by atoms with E-state index in [9.17, 15) is 8.78 Å². The molecule has 2 N–H and O–H groups in total. The Balaban J connectivity index is 1.72. The van der Waals surface area contributed by atoms with Gasteiger partial charge >= 0.3 is 6.61 Å². The normalized spacial score (nSPS) is 14.7. The maximum Gasteiger partial charge on any atom is 0.387 e. The second-order valence-corrected chi connectivity index (χ2v) is 6.77. The molecule has 2 rings (SSSR count). The second kappa shape index (κ2) is 10.6. The summed E-state index contributed by atoms with van der Waals surface area (Å²) >= 11 is 3.34. The average Bonchev–Trinajstić information content (AvgIpc) is 3.39. The summed E-state index contributed by atoms with van der Waals surface area (Å²) in [7, 11) is 1.66. The van der Waals surface area contributed by atoms with Crippen molar-refractivity contribution in [3.05, 3.63) is 28.2 Å². The molecule has 0 amide bonds.